The fourth-order valence-corrected chi connectivity index (χ4v) is 2.05. The van der Waals surface area contributed by atoms with Crippen LogP contribution in [0.4, 0.5) is 0 Å². The Morgan fingerprint density at radius 3 is 2.69 bits per heavy atom. The van der Waals surface area contributed by atoms with Crippen molar-refractivity contribution in [1.82, 2.24) is 4.89 Å². The standard InChI is InChI=1S/C10H13NO4S/c1-3-10(12)8-5-4-6-9(7-8)16(13,14)11-15-2/h4-7,11H,3H2,1-2H3. The van der Waals surface area contributed by atoms with Gasteiger partial charge in [0.25, 0.3) is 10.0 Å². The lowest BCUT2D eigenvalue weighted by Gasteiger charge is -2.05. The Morgan fingerprint density at radius 1 is 1.44 bits per heavy atom. The van der Waals surface area contributed by atoms with Crippen molar-refractivity contribution in [2.24, 2.45) is 0 Å². The van der Waals surface area contributed by atoms with Crippen molar-refractivity contribution in [3.8, 4) is 0 Å². The highest BCUT2D eigenvalue weighted by Crippen LogP contribution is 2.12. The first kappa shape index (κ1) is 12.8. The van der Waals surface area contributed by atoms with E-state index in [0.717, 1.165) is 0 Å². The van der Waals surface area contributed by atoms with Crippen molar-refractivity contribution >= 4 is 15.8 Å². The second kappa shape index (κ2) is 5.20. The molecule has 0 aromatic heterocycles. The topological polar surface area (TPSA) is 72.5 Å². The number of benzene rings is 1. The lowest BCUT2D eigenvalue weighted by atomic mass is 10.1. The molecule has 5 nitrogen and oxygen atoms in total. The lowest BCUT2D eigenvalue weighted by molar-refractivity contribution is 0.0988. The van der Waals surface area contributed by atoms with Crippen molar-refractivity contribution in [2.75, 3.05) is 7.11 Å². The monoisotopic (exact) mass is 243 g/mol. The van der Waals surface area contributed by atoms with E-state index in [1.54, 1.807) is 13.0 Å². The molecular formula is C10H13NO4S. The van der Waals surface area contributed by atoms with Crippen molar-refractivity contribution in [2.45, 2.75) is 18.2 Å². The van der Waals surface area contributed by atoms with Crippen LogP contribution in [0.25, 0.3) is 0 Å². The van der Waals surface area contributed by atoms with Gasteiger partial charge in [0, 0.05) is 12.0 Å². The molecule has 0 aliphatic carbocycles. The average molecular weight is 243 g/mol. The highest BCUT2D eigenvalue weighted by atomic mass is 32.2. The van der Waals surface area contributed by atoms with E-state index in [1.165, 1.54) is 25.3 Å². The predicted molar refractivity (Wildman–Crippen MR) is 58.4 cm³/mol. The average Bonchev–Trinajstić information content (AvgIpc) is 2.28. The highest BCUT2D eigenvalue weighted by Gasteiger charge is 2.15. The van der Waals surface area contributed by atoms with Crippen molar-refractivity contribution in [1.29, 1.82) is 0 Å². The number of sulfonamides is 1. The van der Waals surface area contributed by atoms with Gasteiger partial charge in [-0.2, -0.15) is 0 Å². The summed E-state index contributed by atoms with van der Waals surface area (Å²) in [5, 5.41) is 0. The summed E-state index contributed by atoms with van der Waals surface area (Å²) in [4.78, 5) is 17.7. The zero-order valence-corrected chi connectivity index (χ0v) is 9.87. The maximum Gasteiger partial charge on any atom is 0.262 e. The van der Waals surface area contributed by atoms with Crippen LogP contribution in [-0.4, -0.2) is 21.3 Å². The minimum Gasteiger partial charge on any atom is -0.294 e. The molecule has 1 aromatic carbocycles. The van der Waals surface area contributed by atoms with E-state index in [2.05, 4.69) is 4.84 Å². The SMILES string of the molecule is CCC(=O)c1cccc(S(=O)(=O)NOC)c1. The van der Waals surface area contributed by atoms with Gasteiger partial charge < -0.3 is 0 Å². The van der Waals surface area contributed by atoms with Crippen molar-refractivity contribution in [3.05, 3.63) is 29.8 Å². The summed E-state index contributed by atoms with van der Waals surface area (Å²) < 4.78 is 23.1. The Morgan fingerprint density at radius 2 is 2.12 bits per heavy atom. The lowest BCUT2D eigenvalue weighted by Crippen LogP contribution is -2.22. The second-order valence-corrected chi connectivity index (χ2v) is 4.74. The van der Waals surface area contributed by atoms with E-state index in [4.69, 9.17) is 0 Å². The third kappa shape index (κ3) is 2.88. The van der Waals surface area contributed by atoms with Gasteiger partial charge in [0.15, 0.2) is 5.78 Å². The van der Waals surface area contributed by atoms with E-state index in [1.807, 2.05) is 4.89 Å². The van der Waals surface area contributed by atoms with Gasteiger partial charge in [-0.15, -0.1) is 0 Å². The molecule has 0 amide bonds. The summed E-state index contributed by atoms with van der Waals surface area (Å²) in [7, 11) is -2.49. The molecule has 0 bridgehead atoms. The third-order valence-electron chi connectivity index (χ3n) is 1.98. The molecule has 1 rings (SSSR count). The summed E-state index contributed by atoms with van der Waals surface area (Å²) >= 11 is 0. The van der Waals surface area contributed by atoms with Gasteiger partial charge in [-0.05, 0) is 12.1 Å². The summed E-state index contributed by atoms with van der Waals surface area (Å²) in [6, 6.07) is 5.83. The first-order valence-electron chi connectivity index (χ1n) is 4.69. The number of nitrogens with one attached hydrogen (secondary N) is 1. The van der Waals surface area contributed by atoms with Gasteiger partial charge in [-0.1, -0.05) is 23.9 Å². The van der Waals surface area contributed by atoms with E-state index in [9.17, 15) is 13.2 Å². The predicted octanol–water partition coefficient (Wildman–Crippen LogP) is 1.12. The molecule has 0 unspecified atom stereocenters. The van der Waals surface area contributed by atoms with Crippen LogP contribution in [0.15, 0.2) is 29.2 Å². The van der Waals surface area contributed by atoms with Crippen LogP contribution in [0.2, 0.25) is 0 Å². The number of hydrogen-bond donors (Lipinski definition) is 1. The minimum absolute atomic E-state index is 0.00801. The Balaban J connectivity index is 3.13. The largest absolute Gasteiger partial charge is 0.294 e. The summed E-state index contributed by atoms with van der Waals surface area (Å²) in [6.07, 6.45) is 0.335. The van der Waals surface area contributed by atoms with Gasteiger partial charge >= 0.3 is 0 Å². The summed E-state index contributed by atoms with van der Waals surface area (Å²) in [5.41, 5.74) is 0.376. The smallest absolute Gasteiger partial charge is 0.262 e. The molecule has 0 atom stereocenters. The number of Topliss-reactive ketones (excluding diaryl/α,β-unsaturated/α-hetero) is 1. The Bertz CT molecular complexity index is 481. The molecule has 0 heterocycles. The molecule has 0 aliphatic heterocycles. The molecule has 0 saturated heterocycles. The Labute approximate surface area is 94.4 Å². The zero-order chi connectivity index (χ0) is 12.2. The van der Waals surface area contributed by atoms with Gasteiger partial charge in [0.05, 0.1) is 12.0 Å². The molecule has 6 heteroatoms. The molecular weight excluding hydrogens is 230 g/mol. The van der Waals surface area contributed by atoms with E-state index < -0.39 is 10.0 Å². The third-order valence-corrected chi connectivity index (χ3v) is 3.24. The number of hydrogen-bond acceptors (Lipinski definition) is 4. The quantitative estimate of drug-likeness (QED) is 0.621. The Hall–Kier alpha value is -1.24. The van der Waals surface area contributed by atoms with Crippen LogP contribution in [-0.2, 0) is 14.9 Å². The summed E-state index contributed by atoms with van der Waals surface area (Å²) in [5.74, 6) is -0.102. The number of rotatable bonds is 5. The first-order valence-corrected chi connectivity index (χ1v) is 6.17. The zero-order valence-electron chi connectivity index (χ0n) is 9.06. The van der Waals surface area contributed by atoms with E-state index in [0.29, 0.717) is 12.0 Å². The van der Waals surface area contributed by atoms with Crippen LogP contribution >= 0.6 is 0 Å². The maximum absolute atomic E-state index is 11.5. The van der Waals surface area contributed by atoms with Gasteiger partial charge in [0.2, 0.25) is 0 Å². The highest BCUT2D eigenvalue weighted by molar-refractivity contribution is 7.89. The Kier molecular flexibility index (Phi) is 4.17. The minimum atomic E-state index is -3.70. The van der Waals surface area contributed by atoms with Crippen LogP contribution in [0.1, 0.15) is 23.7 Å². The number of carbonyl (C=O) groups is 1. The second-order valence-electron chi connectivity index (χ2n) is 3.10. The molecule has 0 radical (unpaired) electrons. The van der Waals surface area contributed by atoms with Crippen LogP contribution in [0.3, 0.4) is 0 Å². The molecule has 1 N–H and O–H groups in total. The fraction of sp³-hybridized carbons (Fsp3) is 0.300. The van der Waals surface area contributed by atoms with E-state index >= 15 is 0 Å². The first-order chi connectivity index (χ1) is 7.51. The molecule has 1 aromatic rings. The molecule has 0 spiro atoms. The van der Waals surface area contributed by atoms with Gasteiger partial charge in [0.1, 0.15) is 0 Å². The number of ketones is 1. The summed E-state index contributed by atoms with van der Waals surface area (Å²) in [6.45, 7) is 1.72. The van der Waals surface area contributed by atoms with Gasteiger partial charge in [-0.25, -0.2) is 8.42 Å². The molecule has 0 saturated carbocycles. The molecule has 0 fully saturated rings. The van der Waals surface area contributed by atoms with Crippen LogP contribution in [0, 0.1) is 0 Å². The fourth-order valence-electron chi connectivity index (χ4n) is 1.20. The molecule has 16 heavy (non-hydrogen) atoms. The molecule has 88 valence electrons. The number of carbonyl (C=O) groups excluding carboxylic acids is 1. The normalized spacial score (nSPS) is 11.4. The van der Waals surface area contributed by atoms with Crippen molar-refractivity contribution in [3.63, 3.8) is 0 Å². The van der Waals surface area contributed by atoms with Crippen molar-refractivity contribution < 1.29 is 18.0 Å². The van der Waals surface area contributed by atoms with Crippen LogP contribution < -0.4 is 4.89 Å². The van der Waals surface area contributed by atoms with Crippen LogP contribution in [0.5, 0.6) is 0 Å². The van der Waals surface area contributed by atoms with Gasteiger partial charge in [-0.3, -0.25) is 9.63 Å². The van der Waals surface area contributed by atoms with E-state index in [-0.39, 0.29) is 10.7 Å². The molecule has 0 aliphatic rings. The maximum atomic E-state index is 11.5.